The molecule has 2 atom stereocenters. The number of piperidine rings is 1. The van der Waals surface area contributed by atoms with E-state index < -0.39 is 0 Å². The molecule has 0 spiro atoms. The molecule has 1 saturated heterocycles. The molecule has 3 aliphatic rings. The zero-order valence-electron chi connectivity index (χ0n) is 16.6. The van der Waals surface area contributed by atoms with Crippen LogP contribution in [0.25, 0.3) is 0 Å². The third kappa shape index (κ3) is 3.17. The highest BCUT2D eigenvalue weighted by atomic mass is 16.2. The van der Waals surface area contributed by atoms with E-state index in [0.29, 0.717) is 36.9 Å². The van der Waals surface area contributed by atoms with Crippen LogP contribution in [-0.2, 0) is 16.1 Å². The predicted octanol–water partition coefficient (Wildman–Crippen LogP) is 2.06. The smallest absolute Gasteiger partial charge is 0.273 e. The second-order valence-electron chi connectivity index (χ2n) is 8.01. The van der Waals surface area contributed by atoms with E-state index in [1.165, 1.54) is 24.3 Å². The number of hydrogen-bond acceptors (Lipinski definition) is 5. The molecule has 4 rings (SSSR count). The first kappa shape index (κ1) is 18.9. The van der Waals surface area contributed by atoms with Crippen LogP contribution in [0.3, 0.4) is 0 Å². The molecular weight excluding hydrogens is 356 g/mol. The summed E-state index contributed by atoms with van der Waals surface area (Å²) < 4.78 is 0. The van der Waals surface area contributed by atoms with Gasteiger partial charge >= 0.3 is 0 Å². The van der Waals surface area contributed by atoms with Crippen molar-refractivity contribution in [1.82, 2.24) is 15.3 Å². The number of nitrogens with one attached hydrogen (secondary N) is 1. The summed E-state index contributed by atoms with van der Waals surface area (Å²) in [5, 5.41) is 5.82. The molecule has 0 radical (unpaired) electrons. The maximum Gasteiger partial charge on any atom is 0.273 e. The average molecular weight is 384 g/mol. The van der Waals surface area contributed by atoms with E-state index in [-0.39, 0.29) is 24.3 Å². The summed E-state index contributed by atoms with van der Waals surface area (Å²) in [6.07, 6.45) is 5.97. The number of amides is 3. The first-order valence-electron chi connectivity index (χ1n) is 10.2. The molecule has 1 aromatic carbocycles. The molecule has 7 nitrogen and oxygen atoms in total. The molecule has 2 aliphatic heterocycles. The lowest BCUT2D eigenvalue weighted by atomic mass is 9.89. The topological polar surface area (TPSA) is 73.0 Å². The van der Waals surface area contributed by atoms with Gasteiger partial charge < -0.3 is 10.2 Å². The van der Waals surface area contributed by atoms with E-state index in [1.54, 1.807) is 0 Å². The molecule has 28 heavy (non-hydrogen) atoms. The Bertz CT molecular complexity index is 793. The van der Waals surface area contributed by atoms with Crippen LogP contribution in [0.15, 0.2) is 18.2 Å². The molecule has 1 aliphatic carbocycles. The van der Waals surface area contributed by atoms with Crippen molar-refractivity contribution in [3.05, 3.63) is 29.3 Å². The van der Waals surface area contributed by atoms with Gasteiger partial charge in [0.15, 0.2) is 0 Å². The summed E-state index contributed by atoms with van der Waals surface area (Å²) in [5.41, 5.74) is 2.52. The van der Waals surface area contributed by atoms with Gasteiger partial charge in [0.1, 0.15) is 0 Å². The Hall–Kier alpha value is -2.41. The summed E-state index contributed by atoms with van der Waals surface area (Å²) in [6, 6.07) is 6.71. The zero-order chi connectivity index (χ0) is 19.8. The van der Waals surface area contributed by atoms with E-state index in [4.69, 9.17) is 0 Å². The first-order valence-corrected chi connectivity index (χ1v) is 10.2. The van der Waals surface area contributed by atoms with Gasteiger partial charge in [-0.3, -0.25) is 14.4 Å². The summed E-state index contributed by atoms with van der Waals surface area (Å²) in [7, 11) is 4.12. The van der Waals surface area contributed by atoms with Gasteiger partial charge in [0.2, 0.25) is 11.8 Å². The number of carbonyl (C=O) groups is 3. The van der Waals surface area contributed by atoms with Crippen LogP contribution in [0.2, 0.25) is 0 Å². The number of fused-ring (bicyclic) bond motifs is 1. The number of benzene rings is 1. The third-order valence-electron chi connectivity index (χ3n) is 6.37. The molecule has 1 N–H and O–H groups in total. The Morgan fingerprint density at radius 1 is 1.04 bits per heavy atom. The number of imide groups is 1. The summed E-state index contributed by atoms with van der Waals surface area (Å²) in [6.45, 7) is 0.271. The number of carbonyl (C=O) groups excluding carboxylic acids is 3. The number of hydrogen-bond donors (Lipinski definition) is 1. The molecule has 2 heterocycles. The largest absolute Gasteiger partial charge is 0.370 e. The molecule has 7 heteroatoms. The van der Waals surface area contributed by atoms with E-state index in [0.717, 1.165) is 22.7 Å². The summed E-state index contributed by atoms with van der Waals surface area (Å²) in [5.74, 6) is -0.832. The number of rotatable bonds is 4. The summed E-state index contributed by atoms with van der Waals surface area (Å²) >= 11 is 0. The second-order valence-corrected chi connectivity index (χ2v) is 8.01. The third-order valence-corrected chi connectivity index (χ3v) is 6.37. The molecule has 0 bridgehead atoms. The van der Waals surface area contributed by atoms with Crippen LogP contribution >= 0.6 is 0 Å². The maximum atomic E-state index is 12.8. The van der Waals surface area contributed by atoms with Gasteiger partial charge in [-0.2, -0.15) is 5.01 Å². The fourth-order valence-corrected chi connectivity index (χ4v) is 4.79. The monoisotopic (exact) mass is 384 g/mol. The lowest BCUT2D eigenvalue weighted by Crippen LogP contribution is -2.51. The fourth-order valence-electron chi connectivity index (χ4n) is 4.79. The van der Waals surface area contributed by atoms with Gasteiger partial charge in [-0.05, 0) is 50.1 Å². The molecule has 150 valence electrons. The van der Waals surface area contributed by atoms with E-state index in [2.05, 4.69) is 17.3 Å². The van der Waals surface area contributed by atoms with Gasteiger partial charge in [0.05, 0.1) is 6.54 Å². The minimum absolute atomic E-state index is 0.265. The molecular formula is C21H28N4O3. The lowest BCUT2D eigenvalue weighted by Gasteiger charge is -2.39. The highest BCUT2D eigenvalue weighted by Gasteiger charge is 2.39. The van der Waals surface area contributed by atoms with E-state index >= 15 is 0 Å². The standard InChI is InChI=1S/C21H28N4O3/c1-22-17-6-3-4-7-18(17)23(2)15-10-11-16-14(12-15)13-24(21(16)28)25-19(26)8-5-9-20(25)27/h10-12,17-18,22H,3-9,13H2,1-2H3/t17-,18-/m0/s1. The van der Waals surface area contributed by atoms with Crippen molar-refractivity contribution >= 4 is 23.4 Å². The minimum atomic E-state index is -0.284. The number of anilines is 1. The molecule has 1 aromatic rings. The Balaban J connectivity index is 1.57. The Morgan fingerprint density at radius 3 is 2.46 bits per heavy atom. The highest BCUT2D eigenvalue weighted by molar-refractivity contribution is 6.04. The Kier molecular flexibility index (Phi) is 5.10. The van der Waals surface area contributed by atoms with Gasteiger partial charge in [-0.25, -0.2) is 5.01 Å². The van der Waals surface area contributed by atoms with Crippen LogP contribution in [-0.4, -0.2) is 53.9 Å². The van der Waals surface area contributed by atoms with Crippen molar-refractivity contribution < 1.29 is 14.4 Å². The van der Waals surface area contributed by atoms with Crippen molar-refractivity contribution in [2.75, 3.05) is 19.0 Å². The Labute approximate surface area is 165 Å². The predicted molar refractivity (Wildman–Crippen MR) is 106 cm³/mol. The van der Waals surface area contributed by atoms with Crippen molar-refractivity contribution in [3.63, 3.8) is 0 Å². The van der Waals surface area contributed by atoms with E-state index in [1.807, 2.05) is 25.2 Å². The van der Waals surface area contributed by atoms with Gasteiger partial charge in [0, 0.05) is 43.2 Å². The first-order chi connectivity index (χ1) is 13.5. The van der Waals surface area contributed by atoms with Crippen molar-refractivity contribution in [2.24, 2.45) is 0 Å². The number of likely N-dealkylation sites (N-methyl/N-ethyl adjacent to an activating group) is 2. The van der Waals surface area contributed by atoms with Gasteiger partial charge in [-0.15, -0.1) is 0 Å². The van der Waals surface area contributed by atoms with Crippen LogP contribution in [0.5, 0.6) is 0 Å². The SMILES string of the molecule is CN[C@H]1CCCC[C@@H]1N(C)c1ccc2c(c1)CN(N1C(=O)CCCC1=O)C2=O. The minimum Gasteiger partial charge on any atom is -0.370 e. The quantitative estimate of drug-likeness (QED) is 0.805. The molecule has 0 aromatic heterocycles. The zero-order valence-corrected chi connectivity index (χ0v) is 16.6. The van der Waals surface area contributed by atoms with Gasteiger partial charge in [0.25, 0.3) is 5.91 Å². The van der Waals surface area contributed by atoms with Crippen LogP contribution in [0.1, 0.15) is 60.9 Å². The molecule has 2 fully saturated rings. The van der Waals surface area contributed by atoms with Crippen molar-refractivity contribution in [3.8, 4) is 0 Å². The Morgan fingerprint density at radius 2 is 1.75 bits per heavy atom. The number of nitrogens with zero attached hydrogens (tertiary/aromatic N) is 3. The van der Waals surface area contributed by atoms with Crippen LogP contribution in [0, 0.1) is 0 Å². The van der Waals surface area contributed by atoms with Crippen molar-refractivity contribution in [1.29, 1.82) is 0 Å². The number of hydrazine groups is 1. The lowest BCUT2D eigenvalue weighted by molar-refractivity contribution is -0.163. The molecule has 0 unspecified atom stereocenters. The van der Waals surface area contributed by atoms with E-state index in [9.17, 15) is 14.4 Å². The maximum absolute atomic E-state index is 12.8. The summed E-state index contributed by atoms with van der Waals surface area (Å²) in [4.78, 5) is 39.6. The van der Waals surface area contributed by atoms with Crippen molar-refractivity contribution in [2.45, 2.75) is 63.6 Å². The van der Waals surface area contributed by atoms with Crippen LogP contribution in [0.4, 0.5) is 5.69 Å². The van der Waals surface area contributed by atoms with Gasteiger partial charge in [-0.1, -0.05) is 12.8 Å². The van der Waals surface area contributed by atoms with Crippen LogP contribution < -0.4 is 10.2 Å². The second kappa shape index (κ2) is 7.54. The average Bonchev–Trinajstić information content (AvgIpc) is 3.03. The molecule has 3 amide bonds. The highest BCUT2D eigenvalue weighted by Crippen LogP contribution is 2.32. The normalized spacial score (nSPS) is 25.3. The fraction of sp³-hybridized carbons (Fsp3) is 0.571. The molecule has 1 saturated carbocycles.